The van der Waals surface area contributed by atoms with Crippen molar-refractivity contribution < 1.29 is 9.21 Å². The molecule has 0 aliphatic heterocycles. The molecule has 2 aromatic rings. The Bertz CT molecular complexity index is 530. The lowest BCUT2D eigenvalue weighted by atomic mass is 10.1. The molecule has 0 aliphatic carbocycles. The molecule has 1 heterocycles. The number of nitrogens with one attached hydrogen (secondary N) is 1. The van der Waals surface area contributed by atoms with E-state index in [1.54, 1.807) is 24.7 Å². The van der Waals surface area contributed by atoms with Gasteiger partial charge in [-0.15, -0.1) is 0 Å². The van der Waals surface area contributed by atoms with Gasteiger partial charge in [-0.1, -0.05) is 17.7 Å². The van der Waals surface area contributed by atoms with E-state index in [-0.39, 0.29) is 5.91 Å². The van der Waals surface area contributed by atoms with Crippen LogP contribution in [0.1, 0.15) is 21.5 Å². The molecule has 0 saturated heterocycles. The number of furan rings is 1. The van der Waals surface area contributed by atoms with Crippen LogP contribution in [0.4, 0.5) is 0 Å². The van der Waals surface area contributed by atoms with Crippen LogP contribution in [0, 0.1) is 6.92 Å². The van der Waals surface area contributed by atoms with Crippen molar-refractivity contribution in [2.45, 2.75) is 6.92 Å². The molecule has 0 fully saturated rings. The standard InChI is InChI=1S/C13H12N2O2/c1-10-3-2-4-12(7-10)13(16)15-14-8-11-5-6-17-9-11/h2-9H,1H3,(H,15,16). The van der Waals surface area contributed by atoms with Crippen molar-refractivity contribution in [3.05, 3.63) is 59.5 Å². The smallest absolute Gasteiger partial charge is 0.271 e. The van der Waals surface area contributed by atoms with Gasteiger partial charge < -0.3 is 4.42 Å². The van der Waals surface area contributed by atoms with E-state index in [0.717, 1.165) is 11.1 Å². The van der Waals surface area contributed by atoms with Crippen LogP contribution in [0.3, 0.4) is 0 Å². The first-order chi connectivity index (χ1) is 8.25. The van der Waals surface area contributed by atoms with Gasteiger partial charge in [0, 0.05) is 11.1 Å². The zero-order valence-electron chi connectivity index (χ0n) is 9.38. The average Bonchev–Trinajstić information content (AvgIpc) is 2.82. The van der Waals surface area contributed by atoms with Crippen LogP contribution in [0.25, 0.3) is 0 Å². The summed E-state index contributed by atoms with van der Waals surface area (Å²) in [6.45, 7) is 1.94. The lowest BCUT2D eigenvalue weighted by Gasteiger charge is -2.00. The monoisotopic (exact) mass is 228 g/mol. The van der Waals surface area contributed by atoms with Crippen molar-refractivity contribution in [2.75, 3.05) is 0 Å². The van der Waals surface area contributed by atoms with E-state index in [1.807, 2.05) is 25.1 Å². The first kappa shape index (κ1) is 11.1. The third kappa shape index (κ3) is 3.04. The Morgan fingerprint density at radius 1 is 1.41 bits per heavy atom. The zero-order chi connectivity index (χ0) is 12.1. The molecule has 0 bridgehead atoms. The third-order valence-corrected chi connectivity index (χ3v) is 2.20. The van der Waals surface area contributed by atoms with Crippen molar-refractivity contribution in [1.82, 2.24) is 5.43 Å². The normalized spacial score (nSPS) is 10.6. The molecule has 1 amide bonds. The van der Waals surface area contributed by atoms with Gasteiger partial charge in [0.1, 0.15) is 0 Å². The van der Waals surface area contributed by atoms with Gasteiger partial charge in [-0.25, -0.2) is 5.43 Å². The molecular weight excluding hydrogens is 216 g/mol. The number of benzene rings is 1. The molecule has 86 valence electrons. The van der Waals surface area contributed by atoms with Gasteiger partial charge in [-0.2, -0.15) is 5.10 Å². The van der Waals surface area contributed by atoms with Crippen LogP contribution in [0.15, 0.2) is 52.4 Å². The van der Waals surface area contributed by atoms with E-state index >= 15 is 0 Å². The van der Waals surface area contributed by atoms with Gasteiger partial charge in [-0.05, 0) is 25.1 Å². The fourth-order valence-electron chi connectivity index (χ4n) is 1.36. The summed E-state index contributed by atoms with van der Waals surface area (Å²) in [5.41, 5.74) is 4.88. The zero-order valence-corrected chi connectivity index (χ0v) is 9.38. The summed E-state index contributed by atoms with van der Waals surface area (Å²) in [5.74, 6) is -0.228. The SMILES string of the molecule is Cc1cccc(C(=O)NN=Cc2ccoc2)c1. The minimum Gasteiger partial charge on any atom is -0.472 e. The van der Waals surface area contributed by atoms with E-state index in [0.29, 0.717) is 5.56 Å². The van der Waals surface area contributed by atoms with E-state index in [1.165, 1.54) is 6.21 Å². The molecule has 1 aromatic carbocycles. The molecular formula is C13H12N2O2. The van der Waals surface area contributed by atoms with Crippen molar-refractivity contribution in [3.8, 4) is 0 Å². The van der Waals surface area contributed by atoms with E-state index in [9.17, 15) is 4.79 Å². The van der Waals surface area contributed by atoms with Crippen LogP contribution < -0.4 is 5.43 Å². The predicted molar refractivity (Wildman–Crippen MR) is 64.9 cm³/mol. The Balaban J connectivity index is 1.98. The van der Waals surface area contributed by atoms with Gasteiger partial charge in [0.25, 0.3) is 5.91 Å². The summed E-state index contributed by atoms with van der Waals surface area (Å²) in [6, 6.07) is 9.08. The number of hydrazone groups is 1. The Hall–Kier alpha value is -2.36. The summed E-state index contributed by atoms with van der Waals surface area (Å²) in [6.07, 6.45) is 4.61. The number of rotatable bonds is 3. The number of amides is 1. The Morgan fingerprint density at radius 3 is 3.00 bits per heavy atom. The minimum atomic E-state index is -0.228. The summed E-state index contributed by atoms with van der Waals surface area (Å²) in [4.78, 5) is 11.7. The molecule has 17 heavy (non-hydrogen) atoms. The number of hydrogen-bond donors (Lipinski definition) is 1. The molecule has 0 unspecified atom stereocenters. The van der Waals surface area contributed by atoms with Gasteiger partial charge in [0.15, 0.2) is 0 Å². The maximum absolute atomic E-state index is 11.7. The third-order valence-electron chi connectivity index (χ3n) is 2.20. The number of aryl methyl sites for hydroxylation is 1. The molecule has 0 atom stereocenters. The van der Waals surface area contributed by atoms with Crippen molar-refractivity contribution in [2.24, 2.45) is 5.10 Å². The predicted octanol–water partition coefficient (Wildman–Crippen LogP) is 2.35. The quantitative estimate of drug-likeness (QED) is 0.647. The van der Waals surface area contributed by atoms with E-state index in [2.05, 4.69) is 10.5 Å². The fraction of sp³-hybridized carbons (Fsp3) is 0.0769. The summed E-state index contributed by atoms with van der Waals surface area (Å²) < 4.78 is 4.87. The second kappa shape index (κ2) is 5.12. The summed E-state index contributed by atoms with van der Waals surface area (Å²) in [7, 11) is 0. The van der Waals surface area contributed by atoms with Crippen molar-refractivity contribution in [1.29, 1.82) is 0 Å². The second-order valence-electron chi connectivity index (χ2n) is 3.63. The molecule has 1 aromatic heterocycles. The molecule has 4 nitrogen and oxygen atoms in total. The van der Waals surface area contributed by atoms with Gasteiger partial charge in [-0.3, -0.25) is 4.79 Å². The Kier molecular flexibility index (Phi) is 3.35. The second-order valence-corrected chi connectivity index (χ2v) is 3.63. The largest absolute Gasteiger partial charge is 0.472 e. The van der Waals surface area contributed by atoms with Crippen LogP contribution in [-0.2, 0) is 0 Å². The van der Waals surface area contributed by atoms with Gasteiger partial charge in [0.05, 0.1) is 18.7 Å². The highest BCUT2D eigenvalue weighted by molar-refractivity contribution is 5.94. The van der Waals surface area contributed by atoms with Crippen LogP contribution in [0.5, 0.6) is 0 Å². The molecule has 4 heteroatoms. The van der Waals surface area contributed by atoms with Crippen LogP contribution in [0.2, 0.25) is 0 Å². The molecule has 0 spiro atoms. The maximum atomic E-state index is 11.7. The van der Waals surface area contributed by atoms with Gasteiger partial charge in [0.2, 0.25) is 0 Å². The minimum absolute atomic E-state index is 0.228. The van der Waals surface area contributed by atoms with Crippen molar-refractivity contribution >= 4 is 12.1 Å². The van der Waals surface area contributed by atoms with E-state index in [4.69, 9.17) is 4.42 Å². The highest BCUT2D eigenvalue weighted by atomic mass is 16.3. The lowest BCUT2D eigenvalue weighted by Crippen LogP contribution is -2.17. The Morgan fingerprint density at radius 2 is 2.29 bits per heavy atom. The average molecular weight is 228 g/mol. The first-order valence-corrected chi connectivity index (χ1v) is 5.18. The van der Waals surface area contributed by atoms with Crippen molar-refractivity contribution in [3.63, 3.8) is 0 Å². The molecule has 1 N–H and O–H groups in total. The lowest BCUT2D eigenvalue weighted by molar-refractivity contribution is 0.0955. The van der Waals surface area contributed by atoms with Gasteiger partial charge >= 0.3 is 0 Å². The number of carbonyl (C=O) groups excluding carboxylic acids is 1. The first-order valence-electron chi connectivity index (χ1n) is 5.18. The summed E-state index contributed by atoms with van der Waals surface area (Å²) in [5, 5.41) is 3.84. The molecule has 0 saturated carbocycles. The topological polar surface area (TPSA) is 54.6 Å². The van der Waals surface area contributed by atoms with Crippen LogP contribution in [-0.4, -0.2) is 12.1 Å². The highest BCUT2D eigenvalue weighted by Gasteiger charge is 2.02. The Labute approximate surface area is 99.0 Å². The molecule has 0 aliphatic rings. The molecule has 0 radical (unpaired) electrons. The van der Waals surface area contributed by atoms with E-state index < -0.39 is 0 Å². The summed E-state index contributed by atoms with van der Waals surface area (Å²) >= 11 is 0. The number of nitrogens with zero attached hydrogens (tertiary/aromatic N) is 1. The number of hydrogen-bond acceptors (Lipinski definition) is 3. The fourth-order valence-corrected chi connectivity index (χ4v) is 1.36. The van der Waals surface area contributed by atoms with Crippen LogP contribution >= 0.6 is 0 Å². The molecule has 2 rings (SSSR count). The maximum Gasteiger partial charge on any atom is 0.271 e. The highest BCUT2D eigenvalue weighted by Crippen LogP contribution is 2.03. The number of carbonyl (C=O) groups is 1.